The van der Waals surface area contributed by atoms with E-state index in [1.165, 1.54) is 6.07 Å². The first kappa shape index (κ1) is 24.1. The lowest BCUT2D eigenvalue weighted by Gasteiger charge is -2.49. The van der Waals surface area contributed by atoms with Gasteiger partial charge in [0.25, 0.3) is 0 Å². The molecule has 29 heavy (non-hydrogen) atoms. The van der Waals surface area contributed by atoms with Gasteiger partial charge in [-0.1, -0.05) is 31.9 Å². The van der Waals surface area contributed by atoms with E-state index >= 15 is 0 Å². The van der Waals surface area contributed by atoms with Crippen molar-refractivity contribution in [3.63, 3.8) is 0 Å². The van der Waals surface area contributed by atoms with Gasteiger partial charge in [-0.2, -0.15) is 35.1 Å². The summed E-state index contributed by atoms with van der Waals surface area (Å²) in [5.74, 6) is -32.1. The quantitative estimate of drug-likeness (QED) is 0.256. The Kier molecular flexibility index (Phi) is 5.75. The van der Waals surface area contributed by atoms with Gasteiger partial charge in [-0.25, -0.2) is 8.78 Å². The molecule has 0 N–H and O–H groups in total. The van der Waals surface area contributed by atoms with E-state index in [-0.39, 0.29) is 8.95 Å². The lowest BCUT2D eigenvalue weighted by atomic mass is 9.70. The number of carbonyl (C=O) groups excluding carboxylic acids is 2. The van der Waals surface area contributed by atoms with Gasteiger partial charge in [-0.05, 0) is 18.2 Å². The van der Waals surface area contributed by atoms with E-state index in [0.29, 0.717) is 0 Å². The Labute approximate surface area is 171 Å². The summed E-state index contributed by atoms with van der Waals surface area (Å²) in [6, 6.07) is 3.24. The van der Waals surface area contributed by atoms with Gasteiger partial charge in [0, 0.05) is 14.5 Å². The number of halogens is 12. The molecule has 2 atom stereocenters. The molecular weight excluding hydrogens is 562 g/mol. The number of Topliss-reactive ketones (excluding diaryl/α,β-unsaturated/α-hetero) is 2. The van der Waals surface area contributed by atoms with Crippen molar-refractivity contribution in [2.24, 2.45) is 0 Å². The van der Waals surface area contributed by atoms with Crippen molar-refractivity contribution < 1.29 is 53.5 Å². The molecular formula is C15H6Br2F10O2. The zero-order chi connectivity index (χ0) is 22.8. The molecule has 162 valence electrons. The van der Waals surface area contributed by atoms with Crippen molar-refractivity contribution in [1.29, 1.82) is 0 Å². The Morgan fingerprint density at radius 3 is 1.69 bits per heavy atom. The lowest BCUT2D eigenvalue weighted by Crippen LogP contribution is -2.82. The number of hydrogen-bond donors (Lipinski definition) is 0. The van der Waals surface area contributed by atoms with Crippen LogP contribution in [0.1, 0.15) is 16.8 Å². The van der Waals surface area contributed by atoms with Crippen molar-refractivity contribution in [3.8, 4) is 0 Å². The first-order valence-corrected chi connectivity index (χ1v) is 8.81. The first-order chi connectivity index (χ1) is 12.9. The second-order valence-corrected chi connectivity index (χ2v) is 7.93. The second kappa shape index (κ2) is 6.92. The summed E-state index contributed by atoms with van der Waals surface area (Å²) in [6.45, 7) is 0. The molecule has 0 saturated heterocycles. The minimum Gasteiger partial charge on any atom is -0.295 e. The van der Waals surface area contributed by atoms with Crippen LogP contribution in [0.15, 0.2) is 27.1 Å². The fraction of sp³-hybridized carbons (Fsp3) is 0.467. The SMILES string of the molecule is O=C(CC(=O)C1(F)C(F)(F)C(F)C(F)(F)C(F)(F)C1(F)F)c1cc(Br)cc(Br)c1. The minimum absolute atomic E-state index is 0.154. The van der Waals surface area contributed by atoms with Gasteiger partial charge in [-0.3, -0.25) is 9.59 Å². The third-order valence-electron chi connectivity index (χ3n) is 4.23. The molecule has 0 aliphatic heterocycles. The molecule has 1 aliphatic rings. The molecule has 0 aromatic heterocycles. The Bertz CT molecular complexity index is 852. The molecule has 0 spiro atoms. The topological polar surface area (TPSA) is 34.1 Å². The summed E-state index contributed by atoms with van der Waals surface area (Å²) in [5, 5.41) is 0. The van der Waals surface area contributed by atoms with Crippen molar-refractivity contribution in [1.82, 2.24) is 0 Å². The van der Waals surface area contributed by atoms with E-state index in [0.717, 1.165) is 12.1 Å². The van der Waals surface area contributed by atoms with Crippen LogP contribution in [0, 0.1) is 0 Å². The van der Waals surface area contributed by atoms with Crippen molar-refractivity contribution in [3.05, 3.63) is 32.7 Å². The molecule has 1 aliphatic carbocycles. The smallest absolute Gasteiger partial charge is 0.295 e. The van der Waals surface area contributed by atoms with E-state index in [1.807, 2.05) is 0 Å². The summed E-state index contributed by atoms with van der Waals surface area (Å²) >= 11 is 5.79. The van der Waals surface area contributed by atoms with Crippen LogP contribution in [0.5, 0.6) is 0 Å². The predicted octanol–water partition coefficient (Wildman–Crippen LogP) is 5.95. The summed E-state index contributed by atoms with van der Waals surface area (Å²) in [4.78, 5) is 23.8. The zero-order valence-electron chi connectivity index (χ0n) is 13.4. The molecule has 2 unspecified atom stereocenters. The third kappa shape index (κ3) is 3.12. The normalized spacial score (nSPS) is 29.3. The maximum Gasteiger partial charge on any atom is 0.379 e. The average molecular weight is 568 g/mol. The second-order valence-electron chi connectivity index (χ2n) is 6.10. The number of rotatable bonds is 4. The molecule has 1 saturated carbocycles. The highest BCUT2D eigenvalue weighted by Gasteiger charge is 2.96. The highest BCUT2D eigenvalue weighted by molar-refractivity contribution is 9.11. The van der Waals surface area contributed by atoms with Crippen LogP contribution in [-0.2, 0) is 4.79 Å². The fourth-order valence-electron chi connectivity index (χ4n) is 2.64. The molecule has 14 heteroatoms. The Hall–Kier alpha value is -1.18. The van der Waals surface area contributed by atoms with Gasteiger partial charge in [0.15, 0.2) is 11.6 Å². The molecule has 0 amide bonds. The van der Waals surface area contributed by atoms with Crippen LogP contribution in [-0.4, -0.2) is 47.1 Å². The molecule has 1 fully saturated rings. The van der Waals surface area contributed by atoms with Gasteiger partial charge in [0.05, 0.1) is 6.42 Å². The maximum absolute atomic E-state index is 14.6. The number of ketones is 2. The summed E-state index contributed by atoms with van der Waals surface area (Å²) in [5.41, 5.74) is -6.94. The average Bonchev–Trinajstić information content (AvgIpc) is 2.57. The van der Waals surface area contributed by atoms with Crippen LogP contribution >= 0.6 is 31.9 Å². The van der Waals surface area contributed by atoms with E-state index in [4.69, 9.17) is 0 Å². The monoisotopic (exact) mass is 566 g/mol. The number of carbonyl (C=O) groups is 2. The highest BCUT2D eigenvalue weighted by atomic mass is 79.9. The molecule has 0 radical (unpaired) electrons. The summed E-state index contributed by atoms with van der Waals surface area (Å²) < 4.78 is 137. The van der Waals surface area contributed by atoms with Crippen molar-refractivity contribution >= 4 is 43.4 Å². The standard InChI is InChI=1S/C15H6Br2F10O2/c16-6-1-5(2-7(17)3-6)8(28)4-9(29)11(19)12(20,21)10(18)13(22,23)15(26,27)14(11,24)25/h1-3,10H,4H2. The van der Waals surface area contributed by atoms with E-state index in [1.54, 1.807) is 0 Å². The van der Waals surface area contributed by atoms with Gasteiger partial charge >= 0.3 is 29.4 Å². The van der Waals surface area contributed by atoms with E-state index < -0.39 is 59.1 Å². The molecule has 1 aromatic rings. The largest absolute Gasteiger partial charge is 0.379 e. The zero-order valence-corrected chi connectivity index (χ0v) is 16.5. The molecule has 0 heterocycles. The third-order valence-corrected chi connectivity index (χ3v) is 5.15. The van der Waals surface area contributed by atoms with Gasteiger partial charge in [0.1, 0.15) is 0 Å². The molecule has 0 bridgehead atoms. The van der Waals surface area contributed by atoms with Crippen LogP contribution in [0.25, 0.3) is 0 Å². The van der Waals surface area contributed by atoms with Gasteiger partial charge in [-0.15, -0.1) is 0 Å². The molecule has 2 rings (SSSR count). The predicted molar refractivity (Wildman–Crippen MR) is 84.3 cm³/mol. The maximum atomic E-state index is 14.6. The number of hydrogen-bond acceptors (Lipinski definition) is 2. The van der Waals surface area contributed by atoms with E-state index in [2.05, 4.69) is 31.9 Å². The van der Waals surface area contributed by atoms with E-state index in [9.17, 15) is 53.5 Å². The van der Waals surface area contributed by atoms with Crippen LogP contribution in [0.3, 0.4) is 0 Å². The van der Waals surface area contributed by atoms with Crippen LogP contribution < -0.4 is 0 Å². The Balaban J connectivity index is 2.54. The number of alkyl halides is 10. The lowest BCUT2D eigenvalue weighted by molar-refractivity contribution is -0.425. The Morgan fingerprint density at radius 1 is 0.793 bits per heavy atom. The molecule has 2 nitrogen and oxygen atoms in total. The van der Waals surface area contributed by atoms with Crippen LogP contribution in [0.4, 0.5) is 43.9 Å². The number of benzene rings is 1. The van der Waals surface area contributed by atoms with Crippen molar-refractivity contribution in [2.75, 3.05) is 0 Å². The minimum atomic E-state index is -7.04. The van der Waals surface area contributed by atoms with Gasteiger partial charge in [0.2, 0.25) is 6.17 Å². The summed E-state index contributed by atoms with van der Waals surface area (Å²) in [6.07, 6.45) is -7.62. The highest BCUT2D eigenvalue weighted by Crippen LogP contribution is 2.65. The van der Waals surface area contributed by atoms with Gasteiger partial charge < -0.3 is 0 Å². The fourth-order valence-corrected chi connectivity index (χ4v) is 3.94. The summed E-state index contributed by atoms with van der Waals surface area (Å²) in [7, 11) is 0. The van der Waals surface area contributed by atoms with Crippen LogP contribution in [0.2, 0.25) is 0 Å². The molecule has 1 aromatic carbocycles. The Morgan fingerprint density at radius 2 is 1.24 bits per heavy atom. The first-order valence-electron chi connectivity index (χ1n) is 7.22. The van der Waals surface area contributed by atoms with Crippen molar-refractivity contribution in [2.45, 2.75) is 42.0 Å².